The second-order valence-corrected chi connectivity index (χ2v) is 7.78. The van der Waals surface area contributed by atoms with E-state index in [0.717, 1.165) is 37.3 Å². The summed E-state index contributed by atoms with van der Waals surface area (Å²) in [6, 6.07) is 0. The summed E-state index contributed by atoms with van der Waals surface area (Å²) in [4.78, 5) is 0. The highest BCUT2D eigenvalue weighted by Gasteiger charge is 2.13. The molecular weight excluding hydrogens is 296 g/mol. The molecule has 0 amide bonds. The number of hydrogen-bond donors (Lipinski definition) is 3. The van der Waals surface area contributed by atoms with Gasteiger partial charge in [0.2, 0.25) is 0 Å². The molecule has 0 aliphatic rings. The molecule has 4 heteroatoms. The van der Waals surface area contributed by atoms with Gasteiger partial charge in [0.1, 0.15) is 0 Å². The fourth-order valence-electron chi connectivity index (χ4n) is 2.35. The highest BCUT2D eigenvalue weighted by molar-refractivity contribution is 5.02. The van der Waals surface area contributed by atoms with Crippen molar-refractivity contribution < 1.29 is 0 Å². The Morgan fingerprint density at radius 2 is 1.50 bits per heavy atom. The topological polar surface area (TPSA) is 67.3 Å². The van der Waals surface area contributed by atoms with E-state index < -0.39 is 0 Å². The van der Waals surface area contributed by atoms with Crippen LogP contribution >= 0.6 is 0 Å². The predicted molar refractivity (Wildman–Crippen MR) is 107 cm³/mol. The molecule has 0 aromatic rings. The van der Waals surface area contributed by atoms with Crippen LogP contribution in [0.15, 0.2) is 24.2 Å². The van der Waals surface area contributed by atoms with Crippen molar-refractivity contribution in [3.05, 3.63) is 24.2 Å². The molecule has 24 heavy (non-hydrogen) atoms. The first-order valence-electron chi connectivity index (χ1n) is 9.68. The summed E-state index contributed by atoms with van der Waals surface area (Å²) in [7, 11) is 0. The van der Waals surface area contributed by atoms with Crippen molar-refractivity contribution in [2.24, 2.45) is 17.0 Å². The predicted octanol–water partition coefficient (Wildman–Crippen LogP) is 4.64. The minimum atomic E-state index is 0.164. The fourth-order valence-corrected chi connectivity index (χ4v) is 2.35. The van der Waals surface area contributed by atoms with Gasteiger partial charge in [0, 0.05) is 36.1 Å². The second-order valence-electron chi connectivity index (χ2n) is 7.78. The standard InChI is InChI=1S/C20H42N4/c1-6-19(21)17-24(22)16-14-12-10-8-7-9-11-13-15-23-18(2)20(3,4)5/h17,23H,2,6-16,21-22H2,1,3-5H3/b19-17-. The van der Waals surface area contributed by atoms with E-state index in [9.17, 15) is 0 Å². The summed E-state index contributed by atoms with van der Waals surface area (Å²) in [5.41, 5.74) is 7.92. The first-order valence-corrected chi connectivity index (χ1v) is 9.68. The SMILES string of the molecule is C=C(NCCCCCCCCCCN(N)/C=C(\N)CC)C(C)(C)C. The van der Waals surface area contributed by atoms with Crippen LogP contribution in [0.25, 0.3) is 0 Å². The number of nitrogens with zero attached hydrogens (tertiary/aromatic N) is 1. The van der Waals surface area contributed by atoms with Gasteiger partial charge < -0.3 is 16.1 Å². The highest BCUT2D eigenvalue weighted by atomic mass is 15.4. The molecule has 0 bridgehead atoms. The van der Waals surface area contributed by atoms with Crippen LogP contribution in [0.4, 0.5) is 0 Å². The lowest BCUT2D eigenvalue weighted by molar-refractivity contribution is 0.372. The summed E-state index contributed by atoms with van der Waals surface area (Å²) in [5.74, 6) is 5.87. The van der Waals surface area contributed by atoms with E-state index in [1.807, 2.05) is 13.1 Å². The molecule has 0 radical (unpaired) electrons. The molecule has 0 spiro atoms. The minimum Gasteiger partial charge on any atom is -0.401 e. The summed E-state index contributed by atoms with van der Waals surface area (Å²) in [6.07, 6.45) is 13.0. The lowest BCUT2D eigenvalue weighted by atomic mass is 9.93. The third-order valence-electron chi connectivity index (χ3n) is 4.33. The Bertz CT molecular complexity index is 355. The molecule has 0 fully saturated rings. The van der Waals surface area contributed by atoms with E-state index in [2.05, 4.69) is 32.7 Å². The van der Waals surface area contributed by atoms with E-state index in [1.54, 1.807) is 5.01 Å². The van der Waals surface area contributed by atoms with Gasteiger partial charge in [-0.1, -0.05) is 72.8 Å². The Balaban J connectivity index is 3.36. The average molecular weight is 339 g/mol. The van der Waals surface area contributed by atoms with Crippen molar-refractivity contribution in [2.45, 2.75) is 85.5 Å². The molecule has 5 N–H and O–H groups in total. The van der Waals surface area contributed by atoms with Crippen LogP contribution in [0.5, 0.6) is 0 Å². The minimum absolute atomic E-state index is 0.164. The van der Waals surface area contributed by atoms with Gasteiger partial charge in [-0.3, -0.25) is 0 Å². The zero-order valence-corrected chi connectivity index (χ0v) is 16.7. The van der Waals surface area contributed by atoms with Crippen LogP contribution < -0.4 is 16.9 Å². The number of nitrogens with two attached hydrogens (primary N) is 2. The third kappa shape index (κ3) is 13.3. The molecule has 0 saturated carbocycles. The Kier molecular flexibility index (Phi) is 12.5. The van der Waals surface area contributed by atoms with Crippen LogP contribution in [0.3, 0.4) is 0 Å². The van der Waals surface area contributed by atoms with E-state index in [4.69, 9.17) is 11.6 Å². The largest absolute Gasteiger partial charge is 0.401 e. The molecular formula is C20H42N4. The fraction of sp³-hybridized carbons (Fsp3) is 0.800. The van der Waals surface area contributed by atoms with Gasteiger partial charge in [0.05, 0.1) is 0 Å². The molecule has 0 aliphatic heterocycles. The lowest BCUT2D eigenvalue weighted by Crippen LogP contribution is -2.27. The third-order valence-corrected chi connectivity index (χ3v) is 4.33. The van der Waals surface area contributed by atoms with Crippen LogP contribution in [-0.4, -0.2) is 18.1 Å². The number of nitrogens with one attached hydrogen (secondary N) is 1. The maximum atomic E-state index is 5.87. The number of hydrazine groups is 1. The van der Waals surface area contributed by atoms with Crippen molar-refractivity contribution in [1.82, 2.24) is 10.3 Å². The number of rotatable bonds is 14. The van der Waals surface area contributed by atoms with Crippen LogP contribution in [0.2, 0.25) is 0 Å². The van der Waals surface area contributed by atoms with Crippen molar-refractivity contribution in [2.75, 3.05) is 13.1 Å². The van der Waals surface area contributed by atoms with E-state index in [-0.39, 0.29) is 5.41 Å². The molecule has 4 nitrogen and oxygen atoms in total. The molecule has 0 aromatic heterocycles. The number of unbranched alkanes of at least 4 members (excludes halogenated alkanes) is 7. The normalized spacial score (nSPS) is 12.3. The molecule has 0 rings (SSSR count). The molecule has 0 aliphatic carbocycles. The Labute approximate surface area is 150 Å². The van der Waals surface area contributed by atoms with Crippen LogP contribution in [-0.2, 0) is 0 Å². The van der Waals surface area contributed by atoms with Crippen molar-refractivity contribution in [3.8, 4) is 0 Å². The zero-order chi connectivity index (χ0) is 18.4. The summed E-state index contributed by atoms with van der Waals surface area (Å²) in [6.45, 7) is 14.7. The molecule has 142 valence electrons. The Hall–Kier alpha value is -1.16. The molecule has 0 saturated heterocycles. The smallest absolute Gasteiger partial charge is 0.0342 e. The van der Waals surface area contributed by atoms with Gasteiger partial charge in [-0.25, -0.2) is 5.84 Å². The quantitative estimate of drug-likeness (QED) is 0.245. The van der Waals surface area contributed by atoms with Gasteiger partial charge in [0.25, 0.3) is 0 Å². The van der Waals surface area contributed by atoms with E-state index in [0.29, 0.717) is 0 Å². The van der Waals surface area contributed by atoms with Crippen molar-refractivity contribution in [3.63, 3.8) is 0 Å². The van der Waals surface area contributed by atoms with Crippen LogP contribution in [0.1, 0.15) is 85.5 Å². The summed E-state index contributed by atoms with van der Waals surface area (Å²) >= 11 is 0. The molecule has 0 unspecified atom stereocenters. The average Bonchev–Trinajstić information content (AvgIpc) is 2.51. The zero-order valence-electron chi connectivity index (χ0n) is 16.7. The van der Waals surface area contributed by atoms with Gasteiger partial charge in [-0.2, -0.15) is 0 Å². The van der Waals surface area contributed by atoms with Crippen LogP contribution in [0, 0.1) is 5.41 Å². The monoisotopic (exact) mass is 338 g/mol. The Morgan fingerprint density at radius 1 is 1.00 bits per heavy atom. The maximum Gasteiger partial charge on any atom is 0.0342 e. The van der Waals surface area contributed by atoms with Crippen molar-refractivity contribution in [1.29, 1.82) is 0 Å². The Morgan fingerprint density at radius 3 is 2.00 bits per heavy atom. The lowest BCUT2D eigenvalue weighted by Gasteiger charge is -2.23. The first kappa shape index (κ1) is 22.8. The van der Waals surface area contributed by atoms with Gasteiger partial charge in [-0.05, 0) is 19.3 Å². The second kappa shape index (κ2) is 13.2. The molecule has 0 aromatic carbocycles. The van der Waals surface area contributed by atoms with Gasteiger partial charge in [0.15, 0.2) is 0 Å². The first-order chi connectivity index (χ1) is 11.3. The van der Waals surface area contributed by atoms with Gasteiger partial charge >= 0.3 is 0 Å². The van der Waals surface area contributed by atoms with E-state index >= 15 is 0 Å². The highest BCUT2D eigenvalue weighted by Crippen LogP contribution is 2.20. The van der Waals surface area contributed by atoms with Crippen molar-refractivity contribution >= 4 is 0 Å². The molecule has 0 heterocycles. The maximum absolute atomic E-state index is 5.87. The number of hydrogen-bond acceptors (Lipinski definition) is 4. The van der Waals surface area contributed by atoms with Gasteiger partial charge in [-0.15, -0.1) is 0 Å². The summed E-state index contributed by atoms with van der Waals surface area (Å²) < 4.78 is 0. The molecule has 0 atom stereocenters. The van der Waals surface area contributed by atoms with E-state index in [1.165, 1.54) is 44.9 Å². The summed E-state index contributed by atoms with van der Waals surface area (Å²) in [5, 5.41) is 5.16. The number of allylic oxidation sites excluding steroid dienone is 2.